The Morgan fingerprint density at radius 3 is 2.48 bits per heavy atom. The Bertz CT molecular complexity index is 550. The number of halogens is 5. The summed E-state index contributed by atoms with van der Waals surface area (Å²) in [4.78, 5) is 22.2. The van der Waals surface area contributed by atoms with Gasteiger partial charge in [-0.25, -0.2) is 9.18 Å². The van der Waals surface area contributed by atoms with Gasteiger partial charge in [-0.2, -0.15) is 0 Å². The molecule has 116 valence electrons. The predicted molar refractivity (Wildman–Crippen MR) is 65.7 cm³/mol. The van der Waals surface area contributed by atoms with Crippen LogP contribution in [0.5, 0.6) is 5.75 Å². The first-order valence-electron chi connectivity index (χ1n) is 5.29. The molecular formula is C11H8BrF4NO4. The van der Waals surface area contributed by atoms with E-state index in [1.54, 1.807) is 0 Å². The van der Waals surface area contributed by atoms with E-state index in [0.29, 0.717) is 0 Å². The van der Waals surface area contributed by atoms with Crippen LogP contribution in [-0.2, 0) is 4.79 Å². The van der Waals surface area contributed by atoms with E-state index in [-0.39, 0.29) is 10.0 Å². The quantitative estimate of drug-likeness (QED) is 0.777. The van der Waals surface area contributed by atoms with Crippen molar-refractivity contribution < 1.29 is 37.0 Å². The molecular weight excluding hydrogens is 366 g/mol. The van der Waals surface area contributed by atoms with E-state index < -0.39 is 36.7 Å². The van der Waals surface area contributed by atoms with E-state index in [9.17, 15) is 27.2 Å². The van der Waals surface area contributed by atoms with Crippen molar-refractivity contribution in [1.29, 1.82) is 0 Å². The van der Waals surface area contributed by atoms with Crippen LogP contribution in [0.3, 0.4) is 0 Å². The van der Waals surface area contributed by atoms with Crippen LogP contribution in [-0.4, -0.2) is 36.1 Å². The highest BCUT2D eigenvalue weighted by atomic mass is 79.9. The van der Waals surface area contributed by atoms with Crippen molar-refractivity contribution in [3.05, 3.63) is 28.2 Å². The highest BCUT2D eigenvalue weighted by Crippen LogP contribution is 2.31. The second-order valence-electron chi connectivity index (χ2n) is 3.71. The fourth-order valence-electron chi connectivity index (χ4n) is 1.26. The number of carboxylic acid groups (broad SMARTS) is 1. The molecule has 0 aliphatic carbocycles. The van der Waals surface area contributed by atoms with E-state index in [0.717, 1.165) is 18.2 Å². The van der Waals surface area contributed by atoms with Gasteiger partial charge in [-0.1, -0.05) is 0 Å². The molecule has 1 unspecified atom stereocenters. The molecule has 0 saturated carbocycles. The van der Waals surface area contributed by atoms with Gasteiger partial charge in [0, 0.05) is 5.56 Å². The third kappa shape index (κ3) is 5.21. The lowest BCUT2D eigenvalue weighted by molar-refractivity contribution is -0.274. The van der Waals surface area contributed by atoms with Crippen molar-refractivity contribution in [2.45, 2.75) is 12.4 Å². The Balaban J connectivity index is 2.96. The van der Waals surface area contributed by atoms with Crippen LogP contribution in [0.2, 0.25) is 0 Å². The Morgan fingerprint density at radius 1 is 1.38 bits per heavy atom. The molecule has 0 fully saturated rings. The monoisotopic (exact) mass is 373 g/mol. The van der Waals surface area contributed by atoms with Gasteiger partial charge in [-0.05, 0) is 34.1 Å². The number of carboxylic acids is 1. The highest BCUT2D eigenvalue weighted by molar-refractivity contribution is 9.10. The lowest BCUT2D eigenvalue weighted by atomic mass is 10.2. The highest BCUT2D eigenvalue weighted by Gasteiger charge is 2.32. The Morgan fingerprint density at radius 2 is 2.00 bits per heavy atom. The van der Waals surface area contributed by atoms with Gasteiger partial charge in [0.15, 0.2) is 6.04 Å². The van der Waals surface area contributed by atoms with E-state index in [1.165, 1.54) is 0 Å². The predicted octanol–water partition coefficient (Wildman–Crippen LogP) is 2.50. The Kier molecular flexibility index (Phi) is 5.53. The molecule has 0 spiro atoms. The van der Waals surface area contributed by atoms with Crippen LogP contribution in [0.25, 0.3) is 0 Å². The smallest absolute Gasteiger partial charge is 0.480 e. The van der Waals surface area contributed by atoms with Crippen molar-refractivity contribution in [3.8, 4) is 5.75 Å². The van der Waals surface area contributed by atoms with Gasteiger partial charge in [-0.15, -0.1) is 13.2 Å². The molecule has 5 nitrogen and oxygen atoms in total. The summed E-state index contributed by atoms with van der Waals surface area (Å²) >= 11 is 2.81. The summed E-state index contributed by atoms with van der Waals surface area (Å²) in [5.74, 6) is -3.32. The number of rotatable bonds is 5. The molecule has 0 aliphatic heterocycles. The third-order valence-corrected chi connectivity index (χ3v) is 2.83. The number of carbonyl (C=O) groups is 2. The van der Waals surface area contributed by atoms with Gasteiger partial charge in [0.25, 0.3) is 5.91 Å². The summed E-state index contributed by atoms with van der Waals surface area (Å²) in [6.45, 7) is -1.36. The van der Waals surface area contributed by atoms with Gasteiger partial charge in [0.2, 0.25) is 0 Å². The molecule has 1 rings (SSSR count). The number of nitrogens with one attached hydrogen (secondary N) is 1. The summed E-state index contributed by atoms with van der Waals surface area (Å²) in [6, 6.07) is 1.21. The minimum Gasteiger partial charge on any atom is -0.480 e. The number of benzene rings is 1. The molecule has 1 aromatic carbocycles. The van der Waals surface area contributed by atoms with Crippen LogP contribution < -0.4 is 10.1 Å². The first-order valence-corrected chi connectivity index (χ1v) is 6.08. The molecule has 1 amide bonds. The largest absolute Gasteiger partial charge is 0.573 e. The van der Waals surface area contributed by atoms with Gasteiger partial charge in [-0.3, -0.25) is 4.79 Å². The minimum atomic E-state index is -4.96. The Labute approximate surface area is 124 Å². The van der Waals surface area contributed by atoms with Crippen molar-refractivity contribution in [1.82, 2.24) is 5.32 Å². The number of hydrogen-bond donors (Lipinski definition) is 2. The third-order valence-electron chi connectivity index (χ3n) is 2.18. The molecule has 2 N–H and O–H groups in total. The minimum absolute atomic E-state index is 0.0587. The van der Waals surface area contributed by atoms with E-state index in [2.05, 4.69) is 20.7 Å². The number of aliphatic carboxylic acids is 1. The fraction of sp³-hybridized carbons (Fsp3) is 0.273. The summed E-state index contributed by atoms with van der Waals surface area (Å²) in [6.07, 6.45) is -4.96. The van der Waals surface area contributed by atoms with Crippen molar-refractivity contribution in [2.75, 3.05) is 6.67 Å². The summed E-state index contributed by atoms with van der Waals surface area (Å²) in [7, 11) is 0. The molecule has 10 heteroatoms. The molecule has 21 heavy (non-hydrogen) atoms. The second kappa shape index (κ2) is 6.74. The molecule has 1 aromatic rings. The molecule has 0 bridgehead atoms. The first-order chi connectivity index (χ1) is 9.64. The normalized spacial score (nSPS) is 12.6. The number of hydrogen-bond acceptors (Lipinski definition) is 3. The standard InChI is InChI=1S/C11H8BrF4NO4/c12-6-2-1-5(3-8(6)21-11(14,15)16)9(18)17-7(4-13)10(19)20/h1-3,7H,4H2,(H,17,18)(H,19,20). The van der Waals surface area contributed by atoms with E-state index in [1.807, 2.05) is 5.32 Å². The SMILES string of the molecule is O=C(NC(CF)C(=O)O)c1ccc(Br)c(OC(F)(F)F)c1. The van der Waals surface area contributed by atoms with Crippen LogP contribution in [0, 0.1) is 0 Å². The number of ether oxygens (including phenoxy) is 1. The first kappa shape index (κ1) is 17.2. The molecule has 0 saturated heterocycles. The number of amides is 1. The molecule has 0 radical (unpaired) electrons. The topological polar surface area (TPSA) is 75.6 Å². The van der Waals surface area contributed by atoms with Crippen LogP contribution >= 0.6 is 15.9 Å². The molecule has 0 heterocycles. The fourth-order valence-corrected chi connectivity index (χ4v) is 1.58. The number of alkyl halides is 4. The molecule has 1 atom stereocenters. The zero-order valence-corrected chi connectivity index (χ0v) is 11.7. The summed E-state index contributed by atoms with van der Waals surface area (Å²) in [5, 5.41) is 10.4. The average molecular weight is 374 g/mol. The maximum Gasteiger partial charge on any atom is 0.573 e. The molecule has 0 aromatic heterocycles. The van der Waals surface area contributed by atoms with E-state index >= 15 is 0 Å². The number of carbonyl (C=O) groups excluding carboxylic acids is 1. The van der Waals surface area contributed by atoms with Crippen molar-refractivity contribution in [3.63, 3.8) is 0 Å². The van der Waals surface area contributed by atoms with Crippen LogP contribution in [0.1, 0.15) is 10.4 Å². The van der Waals surface area contributed by atoms with E-state index in [4.69, 9.17) is 5.11 Å². The van der Waals surface area contributed by atoms with Crippen molar-refractivity contribution >= 4 is 27.8 Å². The lowest BCUT2D eigenvalue weighted by Gasteiger charge is -2.13. The lowest BCUT2D eigenvalue weighted by Crippen LogP contribution is -2.42. The summed E-state index contributed by atoms with van der Waals surface area (Å²) < 4.78 is 52.5. The van der Waals surface area contributed by atoms with Crippen LogP contribution in [0.4, 0.5) is 17.6 Å². The average Bonchev–Trinajstić information content (AvgIpc) is 2.36. The maximum atomic E-state index is 12.4. The zero-order valence-electron chi connectivity index (χ0n) is 10.1. The van der Waals surface area contributed by atoms with Gasteiger partial charge < -0.3 is 15.2 Å². The van der Waals surface area contributed by atoms with Gasteiger partial charge in [0.05, 0.1) is 4.47 Å². The summed E-state index contributed by atoms with van der Waals surface area (Å²) in [5.41, 5.74) is -0.308. The molecule has 0 aliphatic rings. The van der Waals surface area contributed by atoms with Crippen molar-refractivity contribution in [2.24, 2.45) is 0 Å². The van der Waals surface area contributed by atoms with Gasteiger partial charge >= 0.3 is 12.3 Å². The zero-order chi connectivity index (χ0) is 16.2. The Hall–Kier alpha value is -1.84. The maximum absolute atomic E-state index is 12.4. The van der Waals surface area contributed by atoms with Gasteiger partial charge in [0.1, 0.15) is 12.4 Å². The second-order valence-corrected chi connectivity index (χ2v) is 4.57. The van der Waals surface area contributed by atoms with Crippen LogP contribution in [0.15, 0.2) is 22.7 Å².